The number of aromatic amines is 1. The maximum absolute atomic E-state index is 13.5. The molecular weight excluding hydrogens is 340 g/mol. The molecule has 3 heterocycles. The van der Waals surface area contributed by atoms with Crippen LogP contribution in [0.3, 0.4) is 0 Å². The fourth-order valence-electron chi connectivity index (χ4n) is 4.75. The number of amides is 1. The normalized spacial score (nSPS) is 21.6. The van der Waals surface area contributed by atoms with E-state index in [1.54, 1.807) is 0 Å². The molecule has 1 aliphatic heterocycles. The van der Waals surface area contributed by atoms with Crippen LogP contribution in [0.25, 0.3) is 11.3 Å². The molecule has 138 valence electrons. The lowest BCUT2D eigenvalue weighted by Crippen LogP contribution is -2.48. The molecule has 6 heteroatoms. The second-order valence-electron chi connectivity index (χ2n) is 7.71. The van der Waals surface area contributed by atoms with E-state index >= 15 is 0 Å². The topological polar surface area (TPSA) is 75.0 Å². The summed E-state index contributed by atoms with van der Waals surface area (Å²) in [6.45, 7) is 3.30. The van der Waals surface area contributed by atoms with Gasteiger partial charge >= 0.3 is 0 Å². The molecule has 2 aromatic heterocycles. The van der Waals surface area contributed by atoms with Gasteiger partial charge in [0.25, 0.3) is 5.91 Å². The summed E-state index contributed by atoms with van der Waals surface area (Å²) in [6.07, 6.45) is 6.14. The number of benzene rings is 1. The lowest BCUT2D eigenvalue weighted by Gasteiger charge is -2.40. The van der Waals surface area contributed by atoms with Gasteiger partial charge in [-0.3, -0.25) is 9.89 Å². The molecule has 1 amide bonds. The van der Waals surface area contributed by atoms with Crippen LogP contribution >= 0.6 is 0 Å². The van der Waals surface area contributed by atoms with Crippen molar-refractivity contribution in [2.45, 2.75) is 38.0 Å². The zero-order valence-corrected chi connectivity index (χ0v) is 15.4. The number of aryl methyl sites for hydroxylation is 2. The van der Waals surface area contributed by atoms with Crippen LogP contribution in [0.5, 0.6) is 0 Å². The Kier molecular flexibility index (Phi) is 3.67. The summed E-state index contributed by atoms with van der Waals surface area (Å²) in [4.78, 5) is 15.4. The summed E-state index contributed by atoms with van der Waals surface area (Å²) in [5, 5.41) is 11.6. The van der Waals surface area contributed by atoms with E-state index in [2.05, 4.69) is 15.4 Å². The molecule has 1 atom stereocenters. The van der Waals surface area contributed by atoms with E-state index in [9.17, 15) is 4.79 Å². The van der Waals surface area contributed by atoms with Crippen molar-refractivity contribution in [1.29, 1.82) is 0 Å². The Labute approximate surface area is 157 Å². The van der Waals surface area contributed by atoms with Crippen molar-refractivity contribution >= 4 is 5.91 Å². The Balaban J connectivity index is 1.48. The summed E-state index contributed by atoms with van der Waals surface area (Å²) >= 11 is 0. The predicted octanol–water partition coefficient (Wildman–Crippen LogP) is 3.49. The van der Waals surface area contributed by atoms with E-state index in [1.165, 1.54) is 11.3 Å². The molecular formula is C21H22N4O2. The third-order valence-electron chi connectivity index (χ3n) is 6.11. The number of rotatable bonds is 2. The van der Waals surface area contributed by atoms with Gasteiger partial charge in [0.15, 0.2) is 0 Å². The highest BCUT2D eigenvalue weighted by Gasteiger charge is 2.45. The molecule has 5 rings (SSSR count). The van der Waals surface area contributed by atoms with Gasteiger partial charge in [-0.15, -0.1) is 0 Å². The largest absolute Gasteiger partial charge is 0.360 e. The van der Waals surface area contributed by atoms with Crippen LogP contribution in [-0.2, 0) is 11.8 Å². The Morgan fingerprint density at radius 3 is 2.96 bits per heavy atom. The smallest absolute Gasteiger partial charge is 0.259 e. The minimum atomic E-state index is 0.0116. The third-order valence-corrected chi connectivity index (χ3v) is 6.11. The van der Waals surface area contributed by atoms with Crippen molar-refractivity contribution in [1.82, 2.24) is 20.3 Å². The van der Waals surface area contributed by atoms with Crippen LogP contribution in [0.2, 0.25) is 0 Å². The number of nitrogens with zero attached hydrogens (tertiary/aromatic N) is 3. The first-order valence-corrected chi connectivity index (χ1v) is 9.52. The molecule has 6 nitrogen and oxygen atoms in total. The van der Waals surface area contributed by atoms with Gasteiger partial charge < -0.3 is 9.42 Å². The number of H-pyrrole nitrogens is 1. The molecule has 2 aliphatic rings. The molecule has 1 aromatic carbocycles. The van der Waals surface area contributed by atoms with E-state index < -0.39 is 0 Å². The molecule has 1 spiro atoms. The number of carbonyl (C=O) groups is 1. The molecule has 1 N–H and O–H groups in total. The molecule has 0 saturated carbocycles. The zero-order valence-electron chi connectivity index (χ0n) is 15.4. The van der Waals surface area contributed by atoms with Gasteiger partial charge in [0, 0.05) is 29.8 Å². The first-order chi connectivity index (χ1) is 13.2. The highest BCUT2D eigenvalue weighted by Crippen LogP contribution is 2.44. The van der Waals surface area contributed by atoms with E-state index in [0.717, 1.165) is 44.3 Å². The number of hydrogen-bond donors (Lipinski definition) is 1. The Hall–Kier alpha value is -2.89. The summed E-state index contributed by atoms with van der Waals surface area (Å²) in [7, 11) is 0. The Morgan fingerprint density at radius 1 is 1.26 bits per heavy atom. The van der Waals surface area contributed by atoms with Crippen molar-refractivity contribution < 1.29 is 9.32 Å². The van der Waals surface area contributed by atoms with Crippen molar-refractivity contribution in [3.63, 3.8) is 0 Å². The van der Waals surface area contributed by atoms with Crippen LogP contribution in [-0.4, -0.2) is 39.3 Å². The van der Waals surface area contributed by atoms with Crippen LogP contribution in [0.4, 0.5) is 0 Å². The third kappa shape index (κ3) is 2.51. The predicted molar refractivity (Wildman–Crippen MR) is 100 cm³/mol. The molecule has 27 heavy (non-hydrogen) atoms. The number of fused-ring (bicyclic) bond motifs is 2. The van der Waals surface area contributed by atoms with E-state index in [4.69, 9.17) is 4.52 Å². The standard InChI is InChI=1S/C21H22N4O2/c1-14-17(18(24-27-14)15-6-3-2-4-7-15)20(26)25-11-5-9-21(13-25)10-8-16-12-22-23-19(16)21/h2-4,6-7,12H,5,8-11,13H2,1H3,(H,22,23). The van der Waals surface area contributed by atoms with Gasteiger partial charge in [0.05, 0.1) is 6.20 Å². The van der Waals surface area contributed by atoms with Crippen molar-refractivity contribution in [3.8, 4) is 11.3 Å². The van der Waals surface area contributed by atoms with Gasteiger partial charge in [-0.2, -0.15) is 5.10 Å². The zero-order chi connectivity index (χ0) is 18.4. The molecule has 3 aromatic rings. The van der Waals surface area contributed by atoms with Gasteiger partial charge in [0.2, 0.25) is 0 Å². The fourth-order valence-corrected chi connectivity index (χ4v) is 4.75. The highest BCUT2D eigenvalue weighted by atomic mass is 16.5. The fraction of sp³-hybridized carbons (Fsp3) is 0.381. The second kappa shape index (κ2) is 6.08. The van der Waals surface area contributed by atoms with E-state index in [0.29, 0.717) is 17.0 Å². The van der Waals surface area contributed by atoms with Crippen LogP contribution < -0.4 is 0 Å². The summed E-state index contributed by atoms with van der Waals surface area (Å²) < 4.78 is 5.41. The van der Waals surface area contributed by atoms with Gasteiger partial charge in [-0.1, -0.05) is 35.5 Å². The van der Waals surface area contributed by atoms with Gasteiger partial charge in [0.1, 0.15) is 17.0 Å². The molecule has 0 bridgehead atoms. The lowest BCUT2D eigenvalue weighted by atomic mass is 9.77. The average Bonchev–Trinajstić information content (AvgIpc) is 3.40. The van der Waals surface area contributed by atoms with Crippen molar-refractivity contribution in [3.05, 3.63) is 59.1 Å². The summed E-state index contributed by atoms with van der Waals surface area (Å²) in [6, 6.07) is 9.76. The van der Waals surface area contributed by atoms with Crippen molar-refractivity contribution in [2.24, 2.45) is 0 Å². The highest BCUT2D eigenvalue weighted by molar-refractivity contribution is 6.00. The first-order valence-electron chi connectivity index (χ1n) is 9.52. The number of piperidine rings is 1. The number of carbonyl (C=O) groups excluding carboxylic acids is 1. The molecule has 1 unspecified atom stereocenters. The van der Waals surface area contributed by atoms with Crippen LogP contribution in [0.1, 0.15) is 46.6 Å². The monoisotopic (exact) mass is 362 g/mol. The van der Waals surface area contributed by atoms with E-state index in [-0.39, 0.29) is 11.3 Å². The average molecular weight is 362 g/mol. The van der Waals surface area contributed by atoms with Gasteiger partial charge in [-0.25, -0.2) is 0 Å². The molecule has 0 radical (unpaired) electrons. The number of likely N-dealkylation sites (tertiary alicyclic amines) is 1. The minimum absolute atomic E-state index is 0.0116. The van der Waals surface area contributed by atoms with Gasteiger partial charge in [-0.05, 0) is 38.2 Å². The molecule has 1 aliphatic carbocycles. The summed E-state index contributed by atoms with van der Waals surface area (Å²) in [5.41, 5.74) is 4.66. The first kappa shape index (κ1) is 16.3. The quantitative estimate of drug-likeness (QED) is 0.757. The number of aromatic nitrogens is 3. The van der Waals surface area contributed by atoms with Crippen LogP contribution in [0, 0.1) is 6.92 Å². The van der Waals surface area contributed by atoms with Crippen molar-refractivity contribution in [2.75, 3.05) is 13.1 Å². The molecule has 1 saturated heterocycles. The van der Waals surface area contributed by atoms with Crippen LogP contribution in [0.15, 0.2) is 41.1 Å². The van der Waals surface area contributed by atoms with E-state index in [1.807, 2.05) is 48.4 Å². The maximum atomic E-state index is 13.5. The number of nitrogens with one attached hydrogen (secondary N) is 1. The number of hydrogen-bond acceptors (Lipinski definition) is 4. The lowest BCUT2D eigenvalue weighted by molar-refractivity contribution is 0.0631. The Bertz CT molecular complexity index is 991. The second-order valence-corrected chi connectivity index (χ2v) is 7.71. The maximum Gasteiger partial charge on any atom is 0.259 e. The SMILES string of the molecule is Cc1onc(-c2ccccc2)c1C(=O)N1CCCC2(CCc3cn[nH]c32)C1. The Morgan fingerprint density at radius 2 is 2.11 bits per heavy atom. The summed E-state index contributed by atoms with van der Waals surface area (Å²) in [5.74, 6) is 0.590. The molecule has 1 fully saturated rings. The minimum Gasteiger partial charge on any atom is -0.360 e.